The first kappa shape index (κ1) is 25.0. The van der Waals surface area contributed by atoms with Crippen molar-refractivity contribution in [1.82, 2.24) is 4.90 Å². The van der Waals surface area contributed by atoms with Crippen molar-refractivity contribution in [1.29, 1.82) is 0 Å². The van der Waals surface area contributed by atoms with E-state index in [1.54, 1.807) is 51.2 Å². The summed E-state index contributed by atoms with van der Waals surface area (Å²) in [5, 5.41) is 10.3. The molecule has 0 saturated carbocycles. The van der Waals surface area contributed by atoms with Gasteiger partial charge < -0.3 is 24.4 Å². The number of aromatic hydroxyl groups is 1. The van der Waals surface area contributed by atoms with Crippen LogP contribution in [0.15, 0.2) is 60.1 Å². The predicted octanol–water partition coefficient (Wildman–Crippen LogP) is 6.44. The molecule has 0 radical (unpaired) electrons. The third-order valence-corrected chi connectivity index (χ3v) is 6.02. The molecule has 1 N–H and O–H groups in total. The van der Waals surface area contributed by atoms with Gasteiger partial charge in [0.05, 0.1) is 6.54 Å². The van der Waals surface area contributed by atoms with Crippen LogP contribution in [0.1, 0.15) is 25.0 Å². The summed E-state index contributed by atoms with van der Waals surface area (Å²) in [5.74, 6) is -1.24. The molecule has 0 aromatic heterocycles. The summed E-state index contributed by atoms with van der Waals surface area (Å²) in [4.78, 5) is 7.96. The zero-order valence-electron chi connectivity index (χ0n) is 20.8. The lowest BCUT2D eigenvalue weighted by Crippen LogP contribution is -2.23. The molecular formula is C28H29F2N3O3. The SMILES string of the molecule is C=C(C)c1ccc(O)c(Oc2cc(Oc3cccc(C4=NCCN4C)c3)c(F)c(N(C)CC)c2F)c1. The van der Waals surface area contributed by atoms with Crippen LogP contribution in [0.5, 0.6) is 28.7 Å². The number of rotatable bonds is 8. The van der Waals surface area contributed by atoms with E-state index in [2.05, 4.69) is 11.6 Å². The van der Waals surface area contributed by atoms with E-state index in [4.69, 9.17) is 9.47 Å². The van der Waals surface area contributed by atoms with Crippen molar-refractivity contribution in [3.8, 4) is 28.7 Å². The van der Waals surface area contributed by atoms with Gasteiger partial charge in [-0.2, -0.15) is 0 Å². The maximum Gasteiger partial charge on any atom is 0.192 e. The Morgan fingerprint density at radius 2 is 1.81 bits per heavy atom. The lowest BCUT2D eigenvalue weighted by molar-refractivity contribution is 0.385. The number of benzene rings is 3. The van der Waals surface area contributed by atoms with E-state index < -0.39 is 11.6 Å². The highest BCUT2D eigenvalue weighted by Gasteiger charge is 2.25. The summed E-state index contributed by atoms with van der Waals surface area (Å²) < 4.78 is 42.7. The number of hydrogen-bond donors (Lipinski definition) is 1. The first-order valence-electron chi connectivity index (χ1n) is 11.6. The van der Waals surface area contributed by atoms with Crippen LogP contribution in [0.4, 0.5) is 14.5 Å². The van der Waals surface area contributed by atoms with E-state index in [0.717, 1.165) is 29.6 Å². The number of nitrogens with zero attached hydrogens (tertiary/aromatic N) is 3. The smallest absolute Gasteiger partial charge is 0.192 e. The first-order valence-corrected chi connectivity index (χ1v) is 11.6. The fraction of sp³-hybridized carbons (Fsp3) is 0.250. The van der Waals surface area contributed by atoms with E-state index in [9.17, 15) is 5.11 Å². The van der Waals surface area contributed by atoms with E-state index >= 15 is 8.78 Å². The number of ether oxygens (including phenoxy) is 2. The zero-order valence-corrected chi connectivity index (χ0v) is 20.8. The van der Waals surface area contributed by atoms with Crippen LogP contribution < -0.4 is 14.4 Å². The highest BCUT2D eigenvalue weighted by molar-refractivity contribution is 5.99. The zero-order chi connectivity index (χ0) is 26.0. The monoisotopic (exact) mass is 493 g/mol. The van der Waals surface area contributed by atoms with Crippen LogP contribution in [0.3, 0.4) is 0 Å². The predicted molar refractivity (Wildman–Crippen MR) is 139 cm³/mol. The molecule has 36 heavy (non-hydrogen) atoms. The molecule has 1 heterocycles. The van der Waals surface area contributed by atoms with Crippen molar-refractivity contribution in [2.45, 2.75) is 13.8 Å². The molecule has 0 amide bonds. The Balaban J connectivity index is 1.76. The number of phenols is 1. The standard InChI is InChI=1S/C28H29F2N3O3/c1-6-32(4)27-25(29)23(35-20-9-7-8-19(14-20)28-31-12-13-33(28)5)16-24(26(27)30)36-22-15-18(17(2)3)10-11-21(22)34/h7-11,14-16,34H,2,6,12-13H2,1,3-5H3. The average molecular weight is 494 g/mol. The van der Waals surface area contributed by atoms with Gasteiger partial charge in [-0.25, -0.2) is 8.78 Å². The van der Waals surface area contributed by atoms with Crippen LogP contribution in [0.25, 0.3) is 5.57 Å². The molecule has 6 nitrogen and oxygen atoms in total. The van der Waals surface area contributed by atoms with E-state index in [-0.39, 0.29) is 28.7 Å². The summed E-state index contributed by atoms with van der Waals surface area (Å²) in [6.45, 7) is 9.33. The van der Waals surface area contributed by atoms with Crippen molar-refractivity contribution in [2.24, 2.45) is 4.99 Å². The second-order valence-corrected chi connectivity index (χ2v) is 8.69. The number of aliphatic imine (C=N–C) groups is 1. The maximum absolute atomic E-state index is 15.5. The number of phenolic OH excluding ortho intramolecular Hbond substituents is 1. The number of allylic oxidation sites excluding steroid dienone is 1. The summed E-state index contributed by atoms with van der Waals surface area (Å²) >= 11 is 0. The summed E-state index contributed by atoms with van der Waals surface area (Å²) in [7, 11) is 3.52. The normalized spacial score (nSPS) is 12.9. The van der Waals surface area contributed by atoms with Crippen LogP contribution in [0.2, 0.25) is 0 Å². The molecule has 1 aliphatic heterocycles. The third-order valence-electron chi connectivity index (χ3n) is 6.02. The van der Waals surface area contributed by atoms with E-state index in [1.807, 2.05) is 18.0 Å². The Morgan fingerprint density at radius 1 is 1.08 bits per heavy atom. The minimum atomic E-state index is -0.903. The van der Waals surface area contributed by atoms with Gasteiger partial charge in [-0.3, -0.25) is 4.99 Å². The molecule has 0 atom stereocenters. The topological polar surface area (TPSA) is 57.5 Å². The fourth-order valence-corrected chi connectivity index (χ4v) is 3.87. The summed E-state index contributed by atoms with van der Waals surface area (Å²) in [6, 6.07) is 12.9. The number of halogens is 2. The molecule has 4 rings (SSSR count). The van der Waals surface area contributed by atoms with E-state index in [0.29, 0.717) is 24.4 Å². The molecule has 188 valence electrons. The minimum Gasteiger partial charge on any atom is -0.504 e. The maximum atomic E-state index is 15.5. The van der Waals surface area contributed by atoms with Gasteiger partial charge in [0.1, 0.15) is 17.3 Å². The second-order valence-electron chi connectivity index (χ2n) is 8.69. The van der Waals surface area contributed by atoms with Crippen molar-refractivity contribution in [3.05, 3.63) is 77.9 Å². The van der Waals surface area contributed by atoms with Gasteiger partial charge in [0.25, 0.3) is 0 Å². The molecular weight excluding hydrogens is 464 g/mol. The minimum absolute atomic E-state index is 0.0151. The Morgan fingerprint density at radius 3 is 2.44 bits per heavy atom. The largest absolute Gasteiger partial charge is 0.504 e. The first-order chi connectivity index (χ1) is 17.2. The highest BCUT2D eigenvalue weighted by atomic mass is 19.1. The van der Waals surface area contributed by atoms with Crippen molar-refractivity contribution >= 4 is 17.1 Å². The second kappa shape index (κ2) is 10.3. The van der Waals surface area contributed by atoms with Gasteiger partial charge in [0, 0.05) is 38.8 Å². The molecule has 3 aromatic carbocycles. The number of anilines is 1. The van der Waals surface area contributed by atoms with Gasteiger partial charge >= 0.3 is 0 Å². The van der Waals surface area contributed by atoms with Gasteiger partial charge in [-0.05, 0) is 43.7 Å². The van der Waals surface area contributed by atoms with E-state index in [1.165, 1.54) is 11.0 Å². The fourth-order valence-electron chi connectivity index (χ4n) is 3.87. The Bertz CT molecular complexity index is 1340. The third kappa shape index (κ3) is 4.98. The van der Waals surface area contributed by atoms with Gasteiger partial charge in [0.2, 0.25) is 0 Å². The van der Waals surface area contributed by atoms with Crippen LogP contribution in [-0.2, 0) is 0 Å². The molecule has 0 fully saturated rings. The molecule has 0 spiro atoms. The molecule has 3 aromatic rings. The van der Waals surface area contributed by atoms with Gasteiger partial charge in [-0.15, -0.1) is 0 Å². The van der Waals surface area contributed by atoms with Crippen LogP contribution in [0, 0.1) is 11.6 Å². The summed E-state index contributed by atoms with van der Waals surface area (Å²) in [5.41, 5.74) is 1.99. The van der Waals surface area contributed by atoms with Crippen LogP contribution >= 0.6 is 0 Å². The van der Waals surface area contributed by atoms with Crippen molar-refractivity contribution in [3.63, 3.8) is 0 Å². The highest BCUT2D eigenvalue weighted by Crippen LogP contribution is 2.42. The van der Waals surface area contributed by atoms with Gasteiger partial charge in [-0.1, -0.05) is 30.4 Å². The average Bonchev–Trinajstić information content (AvgIpc) is 3.29. The number of likely N-dealkylation sites (N-methyl/N-ethyl adjacent to an activating group) is 1. The molecule has 0 bridgehead atoms. The Labute approximate surface area is 209 Å². The number of amidine groups is 1. The molecule has 8 heteroatoms. The Kier molecular flexibility index (Phi) is 7.15. The van der Waals surface area contributed by atoms with Crippen molar-refractivity contribution in [2.75, 3.05) is 38.6 Å². The lowest BCUT2D eigenvalue weighted by atomic mass is 10.1. The Hall–Kier alpha value is -4.07. The molecule has 0 unspecified atom stereocenters. The molecule has 1 aliphatic rings. The van der Waals surface area contributed by atoms with Crippen molar-refractivity contribution < 1.29 is 23.4 Å². The lowest BCUT2D eigenvalue weighted by Gasteiger charge is -2.22. The summed E-state index contributed by atoms with van der Waals surface area (Å²) in [6.07, 6.45) is 0. The molecule has 0 saturated heterocycles. The quantitative estimate of drug-likeness (QED) is 0.392. The number of hydrogen-bond acceptors (Lipinski definition) is 6. The molecule has 0 aliphatic carbocycles. The van der Waals surface area contributed by atoms with Crippen LogP contribution in [-0.4, -0.2) is 49.6 Å². The van der Waals surface area contributed by atoms with Gasteiger partial charge in [0.15, 0.2) is 34.6 Å².